The van der Waals surface area contributed by atoms with Crippen LogP contribution in [0.5, 0.6) is 0 Å². The fourth-order valence-electron chi connectivity index (χ4n) is 11.5. The zero-order valence-electron chi connectivity index (χ0n) is 26.4. The number of carboxylic acid groups (broad SMARTS) is 2. The minimum atomic E-state index is -1.10. The number of carboxylic acids is 2. The SMILES string of the molecule is C[C@@H]1CC[C@]2(C(=O)O)CC[C@]3(C)C(=CCC4[C@@]5(C)CC[C@H](OC(=O)CCC(=O)O)[C@@](C)(CO)C5CC[C@]43C)C2[C@]1(C)O. The van der Waals surface area contributed by atoms with Crippen LogP contribution in [0.1, 0.15) is 112 Å². The molecule has 0 heterocycles. The molecule has 42 heavy (non-hydrogen) atoms. The first-order valence-electron chi connectivity index (χ1n) is 16.1. The summed E-state index contributed by atoms with van der Waals surface area (Å²) in [4.78, 5) is 36.5. The molecule has 0 aromatic carbocycles. The molecule has 0 aromatic rings. The maximum Gasteiger partial charge on any atom is 0.310 e. The van der Waals surface area contributed by atoms with Crippen molar-refractivity contribution >= 4 is 17.9 Å². The van der Waals surface area contributed by atoms with E-state index in [2.05, 4.69) is 33.8 Å². The summed E-state index contributed by atoms with van der Waals surface area (Å²) in [6.07, 6.45) is 8.05. The lowest BCUT2D eigenvalue weighted by Crippen LogP contribution is -2.68. The lowest BCUT2D eigenvalue weighted by atomic mass is 9.33. The normalized spacial score (nSPS) is 49.8. The molecule has 0 bridgehead atoms. The van der Waals surface area contributed by atoms with Crippen LogP contribution in [0.3, 0.4) is 0 Å². The van der Waals surface area contributed by atoms with E-state index in [1.54, 1.807) is 0 Å². The third-order valence-corrected chi connectivity index (χ3v) is 14.4. The second kappa shape index (κ2) is 10.0. The van der Waals surface area contributed by atoms with Gasteiger partial charge in [-0.1, -0.05) is 46.3 Å². The van der Waals surface area contributed by atoms with Gasteiger partial charge in [-0.2, -0.15) is 0 Å². The smallest absolute Gasteiger partial charge is 0.310 e. The van der Waals surface area contributed by atoms with Crippen LogP contribution in [-0.2, 0) is 19.1 Å². The fraction of sp³-hybridized carbons (Fsp3) is 0.853. The van der Waals surface area contributed by atoms with Crippen LogP contribution >= 0.6 is 0 Å². The van der Waals surface area contributed by atoms with Gasteiger partial charge in [0.1, 0.15) is 6.10 Å². The maximum absolute atomic E-state index is 12.9. The van der Waals surface area contributed by atoms with Crippen molar-refractivity contribution in [1.29, 1.82) is 0 Å². The van der Waals surface area contributed by atoms with Gasteiger partial charge in [0.15, 0.2) is 0 Å². The van der Waals surface area contributed by atoms with E-state index in [1.165, 1.54) is 0 Å². The summed E-state index contributed by atoms with van der Waals surface area (Å²) >= 11 is 0. The lowest BCUT2D eigenvalue weighted by molar-refractivity contribution is -0.230. The lowest BCUT2D eigenvalue weighted by Gasteiger charge is -2.72. The predicted molar refractivity (Wildman–Crippen MR) is 156 cm³/mol. The molecule has 236 valence electrons. The van der Waals surface area contributed by atoms with E-state index in [-0.39, 0.29) is 53.4 Å². The number of aliphatic hydroxyl groups is 2. The van der Waals surface area contributed by atoms with Gasteiger partial charge in [0.25, 0.3) is 0 Å². The number of hydrogen-bond donors (Lipinski definition) is 4. The highest BCUT2D eigenvalue weighted by Crippen LogP contribution is 2.76. The minimum Gasteiger partial charge on any atom is -0.481 e. The molecule has 0 spiro atoms. The quantitative estimate of drug-likeness (QED) is 0.232. The van der Waals surface area contributed by atoms with Crippen molar-refractivity contribution in [3.05, 3.63) is 11.6 Å². The van der Waals surface area contributed by atoms with Crippen LogP contribution in [0, 0.1) is 50.7 Å². The number of ether oxygens (including phenoxy) is 1. The topological polar surface area (TPSA) is 141 Å². The number of allylic oxidation sites excluding steroid dienone is 1. The molecular formula is C34H52O8. The van der Waals surface area contributed by atoms with E-state index in [0.29, 0.717) is 25.7 Å². The first kappa shape index (κ1) is 31.5. The van der Waals surface area contributed by atoms with E-state index in [9.17, 15) is 29.7 Å². The minimum absolute atomic E-state index is 0.00996. The number of esters is 1. The second-order valence-corrected chi connectivity index (χ2v) is 15.9. The van der Waals surface area contributed by atoms with Crippen molar-refractivity contribution < 1.29 is 39.5 Å². The first-order chi connectivity index (χ1) is 19.4. The molecular weight excluding hydrogens is 536 g/mol. The molecule has 0 radical (unpaired) electrons. The Balaban J connectivity index is 1.51. The second-order valence-electron chi connectivity index (χ2n) is 15.9. The van der Waals surface area contributed by atoms with E-state index in [1.807, 2.05) is 13.8 Å². The summed E-state index contributed by atoms with van der Waals surface area (Å²) in [5, 5.41) is 42.4. The van der Waals surface area contributed by atoms with E-state index >= 15 is 0 Å². The Morgan fingerprint density at radius 1 is 0.905 bits per heavy atom. The molecule has 4 saturated carbocycles. The molecule has 5 aliphatic rings. The molecule has 5 rings (SSSR count). The molecule has 4 fully saturated rings. The molecule has 4 N–H and O–H groups in total. The molecule has 11 atom stereocenters. The van der Waals surface area contributed by atoms with Gasteiger partial charge in [0.05, 0.1) is 30.5 Å². The largest absolute Gasteiger partial charge is 0.481 e. The van der Waals surface area contributed by atoms with Crippen molar-refractivity contribution in [1.82, 2.24) is 0 Å². The number of rotatable bonds is 6. The number of carbonyl (C=O) groups is 3. The van der Waals surface area contributed by atoms with Crippen LogP contribution in [0.4, 0.5) is 0 Å². The molecule has 0 aromatic heterocycles. The molecule has 0 amide bonds. The van der Waals surface area contributed by atoms with Crippen molar-refractivity contribution in [3.63, 3.8) is 0 Å². The summed E-state index contributed by atoms with van der Waals surface area (Å²) in [5.74, 6) is -2.35. The molecule has 5 aliphatic carbocycles. The van der Waals surface area contributed by atoms with Gasteiger partial charge in [-0.3, -0.25) is 14.4 Å². The van der Waals surface area contributed by atoms with Gasteiger partial charge < -0.3 is 25.2 Å². The summed E-state index contributed by atoms with van der Waals surface area (Å²) in [7, 11) is 0. The van der Waals surface area contributed by atoms with Crippen LogP contribution in [0.25, 0.3) is 0 Å². The molecule has 3 unspecified atom stereocenters. The Labute approximate surface area is 250 Å². The zero-order chi connectivity index (χ0) is 31.1. The summed E-state index contributed by atoms with van der Waals surface area (Å²) < 4.78 is 5.88. The number of fused-ring (bicyclic) bond motifs is 7. The standard InChI is InChI=1S/C34H52O8/c1-20-11-16-34(28(39)40)18-17-31(4)21(27(34)33(20,6)41)7-8-23-29(2)14-13-24(42-26(38)10-9-25(36)37)30(3,19-35)22(29)12-15-32(23,31)5/h7,20,22-24,27,35,41H,8-19H2,1-6H3,(H,36,37)(H,39,40)/t20-,22?,23?,24+,27?,29+,30+,31-,32-,33-,34+/m1/s1. The highest BCUT2D eigenvalue weighted by molar-refractivity contribution is 5.77. The van der Waals surface area contributed by atoms with Crippen molar-refractivity contribution in [2.45, 2.75) is 124 Å². The molecule has 8 nitrogen and oxygen atoms in total. The summed E-state index contributed by atoms with van der Waals surface area (Å²) in [6, 6.07) is 0. The van der Waals surface area contributed by atoms with Crippen molar-refractivity contribution in [3.8, 4) is 0 Å². The van der Waals surface area contributed by atoms with E-state index < -0.39 is 46.4 Å². The Bertz CT molecular complexity index is 1180. The third kappa shape index (κ3) is 4.09. The Morgan fingerprint density at radius 3 is 2.21 bits per heavy atom. The Kier molecular flexibility index (Phi) is 7.53. The van der Waals surface area contributed by atoms with Gasteiger partial charge in [-0.05, 0) is 98.7 Å². The van der Waals surface area contributed by atoms with Crippen LogP contribution < -0.4 is 0 Å². The average Bonchev–Trinajstić information content (AvgIpc) is 2.91. The number of aliphatic hydroxyl groups excluding tert-OH is 1. The van der Waals surface area contributed by atoms with Crippen molar-refractivity contribution in [2.24, 2.45) is 50.7 Å². The van der Waals surface area contributed by atoms with Gasteiger partial charge in [-0.25, -0.2) is 0 Å². The van der Waals surface area contributed by atoms with Gasteiger partial charge in [0.2, 0.25) is 0 Å². The van der Waals surface area contributed by atoms with E-state index in [4.69, 9.17) is 9.84 Å². The number of hydrogen-bond acceptors (Lipinski definition) is 6. The first-order valence-corrected chi connectivity index (χ1v) is 16.1. The monoisotopic (exact) mass is 588 g/mol. The maximum atomic E-state index is 12.9. The highest BCUT2D eigenvalue weighted by Gasteiger charge is 2.71. The summed E-state index contributed by atoms with van der Waals surface area (Å²) in [6.45, 7) is 12.9. The Hall–Kier alpha value is -1.93. The average molecular weight is 589 g/mol. The third-order valence-electron chi connectivity index (χ3n) is 14.4. The van der Waals surface area contributed by atoms with E-state index in [0.717, 1.165) is 37.7 Å². The van der Waals surface area contributed by atoms with Gasteiger partial charge >= 0.3 is 17.9 Å². The van der Waals surface area contributed by atoms with Crippen LogP contribution in [-0.4, -0.2) is 56.6 Å². The summed E-state index contributed by atoms with van der Waals surface area (Å²) in [5.41, 5.74) is -2.06. The van der Waals surface area contributed by atoms with Gasteiger partial charge in [0, 0.05) is 11.3 Å². The van der Waals surface area contributed by atoms with Gasteiger partial charge in [-0.15, -0.1) is 0 Å². The number of aliphatic carboxylic acids is 2. The fourth-order valence-corrected chi connectivity index (χ4v) is 11.5. The Morgan fingerprint density at radius 2 is 1.60 bits per heavy atom. The van der Waals surface area contributed by atoms with Crippen LogP contribution in [0.15, 0.2) is 11.6 Å². The molecule has 0 saturated heterocycles. The highest BCUT2D eigenvalue weighted by atomic mass is 16.5. The van der Waals surface area contributed by atoms with Crippen molar-refractivity contribution in [2.75, 3.05) is 6.61 Å². The molecule has 8 heteroatoms. The van der Waals surface area contributed by atoms with Crippen LogP contribution in [0.2, 0.25) is 0 Å². The predicted octanol–water partition coefficient (Wildman–Crippen LogP) is 5.59. The zero-order valence-corrected chi connectivity index (χ0v) is 26.4. The molecule has 0 aliphatic heterocycles. The number of carbonyl (C=O) groups excluding carboxylic acids is 1.